The lowest BCUT2D eigenvalue weighted by molar-refractivity contribution is 1.19. The fourth-order valence-electron chi connectivity index (χ4n) is 1.34. The zero-order valence-electron chi connectivity index (χ0n) is 8.22. The quantitative estimate of drug-likeness (QED) is 0.797. The third kappa shape index (κ3) is 2.43. The summed E-state index contributed by atoms with van der Waals surface area (Å²) in [5.74, 6) is 0.00176. The Morgan fingerprint density at radius 2 is 1.53 bits per heavy atom. The molecule has 0 saturated heterocycles. The molecule has 0 aliphatic rings. The molecule has 0 spiro atoms. The van der Waals surface area contributed by atoms with Crippen molar-refractivity contribution in [2.45, 2.75) is 0 Å². The van der Waals surface area contributed by atoms with E-state index >= 15 is 0 Å². The zero-order valence-corrected chi connectivity index (χ0v) is 11.2. The Balaban J connectivity index is 2.73. The Hall–Kier alpha value is -0.740. The number of nitrogens with two attached hydrogens (primary N) is 1. The lowest BCUT2D eigenvalue weighted by Gasteiger charge is -2.09. The highest BCUT2D eigenvalue weighted by atomic mass is 35.5. The van der Waals surface area contributed by atoms with E-state index in [0.29, 0.717) is 21.2 Å². The minimum atomic E-state index is 0.00176. The second-order valence-corrected chi connectivity index (χ2v) is 4.64. The maximum absolute atomic E-state index is 6.08. The molecule has 3 nitrogen and oxygen atoms in total. The van der Waals surface area contributed by atoms with Crippen molar-refractivity contribution in [3.8, 4) is 11.1 Å². The molecule has 17 heavy (non-hydrogen) atoms. The zero-order chi connectivity index (χ0) is 12.6. The van der Waals surface area contributed by atoms with Gasteiger partial charge < -0.3 is 5.73 Å². The van der Waals surface area contributed by atoms with Gasteiger partial charge in [-0.2, -0.15) is 0 Å². The van der Waals surface area contributed by atoms with Crippen LogP contribution in [0.3, 0.4) is 0 Å². The van der Waals surface area contributed by atoms with E-state index in [1.807, 2.05) is 0 Å². The van der Waals surface area contributed by atoms with Gasteiger partial charge in [0.1, 0.15) is 10.3 Å². The first-order valence-electron chi connectivity index (χ1n) is 4.43. The van der Waals surface area contributed by atoms with Crippen molar-refractivity contribution in [1.29, 1.82) is 0 Å². The van der Waals surface area contributed by atoms with E-state index in [1.165, 1.54) is 0 Å². The maximum Gasteiger partial charge on any atom is 0.222 e. The average Bonchev–Trinajstić information content (AvgIpc) is 2.23. The second-order valence-electron chi connectivity index (χ2n) is 3.14. The van der Waals surface area contributed by atoms with Crippen LogP contribution in [0, 0.1) is 0 Å². The number of halogens is 4. The second kappa shape index (κ2) is 4.86. The lowest BCUT2D eigenvalue weighted by atomic mass is 10.1. The number of anilines is 1. The first-order valence-corrected chi connectivity index (χ1v) is 5.94. The Morgan fingerprint density at radius 1 is 0.941 bits per heavy atom. The number of rotatable bonds is 1. The van der Waals surface area contributed by atoms with E-state index < -0.39 is 0 Å². The van der Waals surface area contributed by atoms with Gasteiger partial charge in [0.25, 0.3) is 0 Å². The Bertz CT molecular complexity index is 563. The number of benzene rings is 1. The van der Waals surface area contributed by atoms with Crippen molar-refractivity contribution in [2.75, 3.05) is 5.73 Å². The highest BCUT2D eigenvalue weighted by molar-refractivity contribution is 6.45. The topological polar surface area (TPSA) is 51.8 Å². The summed E-state index contributed by atoms with van der Waals surface area (Å²) in [7, 11) is 0. The molecule has 0 unspecified atom stereocenters. The van der Waals surface area contributed by atoms with E-state index in [0.717, 1.165) is 0 Å². The molecule has 0 radical (unpaired) electrons. The predicted octanol–water partition coefficient (Wildman–Crippen LogP) is 4.34. The van der Waals surface area contributed by atoms with Gasteiger partial charge in [-0.3, -0.25) is 0 Å². The number of hydrogen-bond donors (Lipinski definition) is 1. The molecule has 0 bridgehead atoms. The fraction of sp³-hybridized carbons (Fsp3) is 0. The standard InChI is InChI=1S/C10H5Cl4N3/c11-5-3-1-2-4(7(5)12)6-8(13)16-10(15)17-9(6)14/h1-3H,(H2,15,16,17). The van der Waals surface area contributed by atoms with Crippen LogP contribution >= 0.6 is 46.4 Å². The highest BCUT2D eigenvalue weighted by Crippen LogP contribution is 2.39. The minimum absolute atomic E-state index is 0.00176. The van der Waals surface area contributed by atoms with Crippen molar-refractivity contribution in [1.82, 2.24) is 9.97 Å². The summed E-state index contributed by atoms with van der Waals surface area (Å²) in [4.78, 5) is 7.65. The van der Waals surface area contributed by atoms with Crippen molar-refractivity contribution < 1.29 is 0 Å². The number of nitrogen functional groups attached to an aromatic ring is 1. The molecule has 1 aromatic heterocycles. The molecule has 1 heterocycles. The molecule has 0 atom stereocenters. The van der Waals surface area contributed by atoms with Crippen LogP contribution in [0.25, 0.3) is 11.1 Å². The van der Waals surface area contributed by atoms with Crippen LogP contribution in [0.1, 0.15) is 0 Å². The van der Waals surface area contributed by atoms with Gasteiger partial charge in [-0.1, -0.05) is 58.5 Å². The molecule has 0 amide bonds. The fourth-order valence-corrected chi connectivity index (χ4v) is 2.34. The van der Waals surface area contributed by atoms with Crippen LogP contribution in [0.5, 0.6) is 0 Å². The van der Waals surface area contributed by atoms with Gasteiger partial charge in [0.05, 0.1) is 15.6 Å². The van der Waals surface area contributed by atoms with Gasteiger partial charge in [-0.15, -0.1) is 0 Å². The molecule has 0 fully saturated rings. The lowest BCUT2D eigenvalue weighted by Crippen LogP contribution is -1.98. The van der Waals surface area contributed by atoms with E-state index in [-0.39, 0.29) is 16.3 Å². The van der Waals surface area contributed by atoms with Crippen LogP contribution in [-0.2, 0) is 0 Å². The monoisotopic (exact) mass is 307 g/mol. The molecule has 2 aromatic rings. The molecule has 0 aliphatic heterocycles. The summed E-state index contributed by atoms with van der Waals surface area (Å²) in [6, 6.07) is 5.11. The van der Waals surface area contributed by atoms with Gasteiger partial charge in [0, 0.05) is 5.56 Å². The molecule has 0 aliphatic carbocycles. The number of hydrogen-bond acceptors (Lipinski definition) is 3. The van der Waals surface area contributed by atoms with Crippen LogP contribution in [0.2, 0.25) is 20.4 Å². The van der Waals surface area contributed by atoms with E-state index in [4.69, 9.17) is 52.1 Å². The van der Waals surface area contributed by atoms with Crippen molar-refractivity contribution in [3.63, 3.8) is 0 Å². The Morgan fingerprint density at radius 3 is 2.12 bits per heavy atom. The summed E-state index contributed by atoms with van der Waals surface area (Å²) in [6.45, 7) is 0. The van der Waals surface area contributed by atoms with E-state index in [9.17, 15) is 0 Å². The summed E-state index contributed by atoms with van der Waals surface area (Å²) in [5.41, 5.74) is 6.40. The van der Waals surface area contributed by atoms with Gasteiger partial charge in [0.15, 0.2) is 0 Å². The summed E-state index contributed by atoms with van der Waals surface area (Å²) < 4.78 is 0. The highest BCUT2D eigenvalue weighted by Gasteiger charge is 2.16. The first kappa shape index (κ1) is 12.7. The maximum atomic E-state index is 6.08. The van der Waals surface area contributed by atoms with Gasteiger partial charge in [-0.25, -0.2) is 9.97 Å². The number of nitrogens with zero attached hydrogens (tertiary/aromatic N) is 2. The molecular weight excluding hydrogens is 304 g/mol. The SMILES string of the molecule is Nc1nc(Cl)c(-c2cccc(Cl)c2Cl)c(Cl)n1. The molecule has 7 heteroatoms. The Labute approximate surface area is 117 Å². The average molecular weight is 309 g/mol. The summed E-state index contributed by atoms with van der Waals surface area (Å²) in [5, 5.41) is 0.998. The van der Waals surface area contributed by atoms with Gasteiger partial charge in [-0.05, 0) is 6.07 Å². The van der Waals surface area contributed by atoms with Crippen molar-refractivity contribution >= 4 is 52.4 Å². The molecule has 1 aromatic carbocycles. The van der Waals surface area contributed by atoms with Gasteiger partial charge >= 0.3 is 0 Å². The molecule has 88 valence electrons. The van der Waals surface area contributed by atoms with Crippen molar-refractivity contribution in [2.24, 2.45) is 0 Å². The van der Waals surface area contributed by atoms with E-state index in [2.05, 4.69) is 9.97 Å². The van der Waals surface area contributed by atoms with Gasteiger partial charge in [0.2, 0.25) is 5.95 Å². The van der Waals surface area contributed by atoms with E-state index in [1.54, 1.807) is 18.2 Å². The Kier molecular flexibility index (Phi) is 3.64. The third-order valence-electron chi connectivity index (χ3n) is 2.06. The normalized spacial score (nSPS) is 10.6. The summed E-state index contributed by atoms with van der Waals surface area (Å²) >= 11 is 23.9. The van der Waals surface area contributed by atoms with Crippen LogP contribution in [-0.4, -0.2) is 9.97 Å². The predicted molar refractivity (Wildman–Crippen MR) is 71.9 cm³/mol. The van der Waals surface area contributed by atoms with Crippen molar-refractivity contribution in [3.05, 3.63) is 38.6 Å². The number of aromatic nitrogens is 2. The summed E-state index contributed by atoms with van der Waals surface area (Å²) in [6.07, 6.45) is 0. The molecule has 0 saturated carbocycles. The molecule has 2 rings (SSSR count). The molecular formula is C10H5Cl4N3. The largest absolute Gasteiger partial charge is 0.368 e. The first-order chi connectivity index (χ1) is 8.00. The van der Waals surface area contributed by atoms with Crippen LogP contribution in [0.15, 0.2) is 18.2 Å². The molecule has 2 N–H and O–H groups in total. The third-order valence-corrected chi connectivity index (χ3v) is 3.42. The smallest absolute Gasteiger partial charge is 0.222 e. The van der Waals surface area contributed by atoms with Crippen LogP contribution < -0.4 is 5.73 Å². The van der Waals surface area contributed by atoms with Crippen LogP contribution in [0.4, 0.5) is 5.95 Å². The minimum Gasteiger partial charge on any atom is -0.368 e.